The van der Waals surface area contributed by atoms with E-state index in [-0.39, 0.29) is 29.6 Å². The van der Waals surface area contributed by atoms with Crippen molar-refractivity contribution in [3.8, 4) is 0 Å². The molecule has 4 rings (SSSR count). The average Bonchev–Trinajstić information content (AvgIpc) is 3.59. The zero-order valence-corrected chi connectivity index (χ0v) is 25.5. The van der Waals surface area contributed by atoms with Crippen molar-refractivity contribution in [1.82, 2.24) is 20.9 Å². The van der Waals surface area contributed by atoms with Crippen LogP contribution < -0.4 is 16.0 Å². The Morgan fingerprint density at radius 2 is 1.57 bits per heavy atom. The van der Waals surface area contributed by atoms with Crippen molar-refractivity contribution in [2.45, 2.75) is 91.1 Å². The molecule has 0 radical (unpaired) electrons. The van der Waals surface area contributed by atoms with E-state index >= 15 is 0 Å². The molecule has 2 heterocycles. The van der Waals surface area contributed by atoms with Crippen LogP contribution in [-0.2, 0) is 25.6 Å². The molecule has 1 aromatic heterocycles. The molecule has 0 amide bonds. The van der Waals surface area contributed by atoms with Crippen molar-refractivity contribution in [2.24, 2.45) is 5.92 Å². The van der Waals surface area contributed by atoms with E-state index in [2.05, 4.69) is 40.8 Å². The van der Waals surface area contributed by atoms with Gasteiger partial charge >= 0.3 is 0 Å². The predicted molar refractivity (Wildman–Crippen MR) is 167 cm³/mol. The molecule has 1 aliphatic heterocycles. The lowest BCUT2D eigenvalue weighted by Crippen LogP contribution is -2.39. The first-order chi connectivity index (χ1) is 20.3. The molecule has 0 spiro atoms. The van der Waals surface area contributed by atoms with Crippen LogP contribution in [0.1, 0.15) is 83.9 Å². The maximum Gasteiger partial charge on any atom is 0.248 e. The standard InChI is InChI=1S/C34H46N4O4/c1-5-9-29(39)27(35-13-7-3)16-21-11-12-25-22(15-21)17-26(38-25)24-19-31(41)34(42)33-32(24)23(20-37-33)18-28(36-14-8-4)30(40)10-6-2/h11-12,15,17,19,23,27-28,35-38H,5-10,13-14,16,18,20H2,1-4H3. The molecule has 8 heteroatoms. The van der Waals surface area contributed by atoms with Gasteiger partial charge in [0.25, 0.3) is 0 Å². The molecule has 0 fully saturated rings. The van der Waals surface area contributed by atoms with Gasteiger partial charge in [0, 0.05) is 47.5 Å². The van der Waals surface area contributed by atoms with Gasteiger partial charge in [-0.15, -0.1) is 0 Å². The number of aromatic amines is 1. The second-order valence-electron chi connectivity index (χ2n) is 11.6. The third-order valence-electron chi connectivity index (χ3n) is 8.21. The molecular formula is C34H46N4O4. The van der Waals surface area contributed by atoms with Crippen molar-refractivity contribution < 1.29 is 19.2 Å². The molecule has 8 nitrogen and oxygen atoms in total. The van der Waals surface area contributed by atoms with Gasteiger partial charge < -0.3 is 20.9 Å². The van der Waals surface area contributed by atoms with Crippen LogP contribution >= 0.6 is 0 Å². The number of carbonyl (C=O) groups is 4. The van der Waals surface area contributed by atoms with Crippen LogP contribution in [0.4, 0.5) is 0 Å². The van der Waals surface area contributed by atoms with Crippen LogP contribution in [0.15, 0.2) is 41.6 Å². The summed E-state index contributed by atoms with van der Waals surface area (Å²) in [4.78, 5) is 54.8. The number of aromatic nitrogens is 1. The van der Waals surface area contributed by atoms with Crippen molar-refractivity contribution in [3.05, 3.63) is 52.9 Å². The van der Waals surface area contributed by atoms with Crippen molar-refractivity contribution >= 4 is 39.6 Å². The number of hydrogen-bond donors (Lipinski definition) is 4. The summed E-state index contributed by atoms with van der Waals surface area (Å²) in [6.07, 6.45) is 7.19. The molecule has 2 aromatic rings. The lowest BCUT2D eigenvalue weighted by molar-refractivity contribution is -0.131. The van der Waals surface area contributed by atoms with Gasteiger partial charge in [-0.25, -0.2) is 0 Å². The quantitative estimate of drug-likeness (QED) is 0.161. The van der Waals surface area contributed by atoms with Gasteiger partial charge in [-0.3, -0.25) is 19.2 Å². The number of carbonyl (C=O) groups excluding carboxylic acids is 4. The molecule has 0 saturated heterocycles. The zero-order valence-electron chi connectivity index (χ0n) is 25.5. The summed E-state index contributed by atoms with van der Waals surface area (Å²) in [6.45, 7) is 10.2. The van der Waals surface area contributed by atoms with E-state index in [0.29, 0.717) is 43.5 Å². The van der Waals surface area contributed by atoms with Crippen LogP contribution in [0.3, 0.4) is 0 Å². The number of fused-ring (bicyclic) bond motifs is 1. The van der Waals surface area contributed by atoms with Gasteiger partial charge in [0.05, 0.1) is 17.8 Å². The summed E-state index contributed by atoms with van der Waals surface area (Å²) in [7, 11) is 0. The van der Waals surface area contributed by atoms with E-state index in [1.165, 1.54) is 6.08 Å². The van der Waals surface area contributed by atoms with E-state index in [0.717, 1.165) is 66.5 Å². The third kappa shape index (κ3) is 7.16. The first-order valence-electron chi connectivity index (χ1n) is 15.7. The maximum absolute atomic E-state index is 13.0. The smallest absolute Gasteiger partial charge is 0.248 e. The second kappa shape index (κ2) is 14.7. The fourth-order valence-corrected chi connectivity index (χ4v) is 6.09. The lowest BCUT2D eigenvalue weighted by Gasteiger charge is -2.24. The molecule has 226 valence electrons. The van der Waals surface area contributed by atoms with E-state index in [1.807, 2.05) is 32.0 Å². The Labute approximate surface area is 249 Å². The SMILES string of the molecule is CCCNC(Cc1ccc2[nH]c(C3=CC(=O)C(=O)C4=C3C(CC(NCCC)C(=O)CCC)CN4)cc2c1)C(=O)CCC. The normalized spacial score (nSPS) is 18.2. The van der Waals surface area contributed by atoms with Gasteiger partial charge in [0.2, 0.25) is 11.6 Å². The number of Topliss-reactive ketones (excluding diaryl/α,β-unsaturated/α-hetero) is 3. The number of rotatable bonds is 17. The number of benzene rings is 1. The van der Waals surface area contributed by atoms with Gasteiger partial charge in [-0.2, -0.15) is 0 Å². The van der Waals surface area contributed by atoms with Crippen LogP contribution in [0.25, 0.3) is 16.5 Å². The van der Waals surface area contributed by atoms with Gasteiger partial charge in [0.1, 0.15) is 11.6 Å². The Balaban J connectivity index is 1.63. The summed E-state index contributed by atoms with van der Waals surface area (Å²) in [5, 5.41) is 11.0. The highest BCUT2D eigenvalue weighted by atomic mass is 16.2. The summed E-state index contributed by atoms with van der Waals surface area (Å²) in [5.41, 5.74) is 4.63. The zero-order chi connectivity index (χ0) is 30.2. The third-order valence-corrected chi connectivity index (χ3v) is 8.21. The van der Waals surface area contributed by atoms with Gasteiger partial charge in [-0.05, 0) is 87.0 Å². The van der Waals surface area contributed by atoms with E-state index in [1.54, 1.807) is 0 Å². The minimum absolute atomic E-state index is 0.0876. The Morgan fingerprint density at radius 3 is 2.24 bits per heavy atom. The first-order valence-corrected chi connectivity index (χ1v) is 15.7. The minimum atomic E-state index is -0.543. The lowest BCUT2D eigenvalue weighted by atomic mass is 9.82. The summed E-state index contributed by atoms with van der Waals surface area (Å²) >= 11 is 0. The van der Waals surface area contributed by atoms with Crippen LogP contribution in [0.5, 0.6) is 0 Å². The molecule has 42 heavy (non-hydrogen) atoms. The molecule has 4 N–H and O–H groups in total. The Bertz CT molecular complexity index is 1390. The maximum atomic E-state index is 13.0. The molecule has 2 aliphatic rings. The number of hydrogen-bond acceptors (Lipinski definition) is 7. The Morgan fingerprint density at radius 1 is 0.905 bits per heavy atom. The second-order valence-corrected chi connectivity index (χ2v) is 11.6. The highest BCUT2D eigenvalue weighted by Gasteiger charge is 2.39. The molecular weight excluding hydrogens is 528 g/mol. The minimum Gasteiger partial charge on any atom is -0.381 e. The number of nitrogens with one attached hydrogen (secondary N) is 4. The predicted octanol–water partition coefficient (Wildman–Crippen LogP) is 4.58. The number of allylic oxidation sites excluding steroid dienone is 3. The molecule has 3 unspecified atom stereocenters. The van der Waals surface area contributed by atoms with Crippen molar-refractivity contribution in [2.75, 3.05) is 19.6 Å². The molecule has 0 bridgehead atoms. The van der Waals surface area contributed by atoms with Crippen molar-refractivity contribution in [1.29, 1.82) is 0 Å². The first kappa shape index (κ1) is 31.6. The molecule has 0 saturated carbocycles. The topological polar surface area (TPSA) is 120 Å². The van der Waals surface area contributed by atoms with E-state index in [4.69, 9.17) is 0 Å². The monoisotopic (exact) mass is 574 g/mol. The molecule has 3 atom stereocenters. The van der Waals surface area contributed by atoms with Gasteiger partial charge in [0.15, 0.2) is 0 Å². The van der Waals surface area contributed by atoms with Crippen molar-refractivity contribution in [3.63, 3.8) is 0 Å². The van der Waals surface area contributed by atoms with E-state index in [9.17, 15) is 19.2 Å². The highest BCUT2D eigenvalue weighted by molar-refractivity contribution is 6.50. The fourth-order valence-electron chi connectivity index (χ4n) is 6.09. The van der Waals surface area contributed by atoms with Crippen LogP contribution in [0.2, 0.25) is 0 Å². The Hall–Kier alpha value is -3.36. The highest BCUT2D eigenvalue weighted by Crippen LogP contribution is 2.40. The fraction of sp³-hybridized carbons (Fsp3) is 0.529. The summed E-state index contributed by atoms with van der Waals surface area (Å²) < 4.78 is 0. The molecule has 1 aliphatic carbocycles. The summed E-state index contributed by atoms with van der Waals surface area (Å²) in [5.74, 6) is -0.727. The largest absolute Gasteiger partial charge is 0.381 e. The van der Waals surface area contributed by atoms with Crippen LogP contribution in [-0.4, -0.2) is 59.8 Å². The van der Waals surface area contributed by atoms with E-state index < -0.39 is 11.6 Å². The summed E-state index contributed by atoms with van der Waals surface area (Å²) in [6, 6.07) is 7.66. The Kier molecular flexibility index (Phi) is 11.0. The van der Waals surface area contributed by atoms with Crippen LogP contribution in [0, 0.1) is 5.92 Å². The average molecular weight is 575 g/mol. The number of H-pyrrole nitrogens is 1. The van der Waals surface area contributed by atoms with Gasteiger partial charge in [-0.1, -0.05) is 33.8 Å². The number of ketones is 4. The molecule has 1 aromatic carbocycles.